The van der Waals surface area contributed by atoms with Crippen molar-refractivity contribution in [1.82, 2.24) is 15.1 Å². The van der Waals surface area contributed by atoms with E-state index in [0.29, 0.717) is 32.4 Å². The highest BCUT2D eigenvalue weighted by Gasteiger charge is 2.30. The first-order valence-electron chi connectivity index (χ1n) is 6.50. The standard InChI is InChI=1S/C13H19N3O3/c1-8-11(9(2)15-14-8)3-4-12(17)16-6-5-10(7-16)13(18)19/h10H,3-7H2,1-2H3,(H,14,15)(H,18,19)/t10-/m0/s1. The number of hydrogen-bond donors (Lipinski definition) is 2. The molecule has 0 saturated carbocycles. The van der Waals surface area contributed by atoms with Crippen LogP contribution in [-0.4, -0.2) is 45.2 Å². The molecule has 6 nitrogen and oxygen atoms in total. The molecule has 1 amide bonds. The van der Waals surface area contributed by atoms with Crippen molar-refractivity contribution in [2.24, 2.45) is 5.92 Å². The monoisotopic (exact) mass is 265 g/mol. The Labute approximate surface area is 111 Å². The largest absolute Gasteiger partial charge is 0.481 e. The van der Waals surface area contributed by atoms with Crippen molar-refractivity contribution in [3.8, 4) is 0 Å². The Kier molecular flexibility index (Phi) is 3.87. The van der Waals surface area contributed by atoms with Crippen molar-refractivity contribution in [1.29, 1.82) is 0 Å². The van der Waals surface area contributed by atoms with Gasteiger partial charge in [0.1, 0.15) is 0 Å². The van der Waals surface area contributed by atoms with Crippen LogP contribution in [0.4, 0.5) is 0 Å². The van der Waals surface area contributed by atoms with Crippen LogP contribution in [0.15, 0.2) is 0 Å². The third-order valence-corrected chi connectivity index (χ3v) is 3.76. The van der Waals surface area contributed by atoms with E-state index in [9.17, 15) is 9.59 Å². The predicted octanol–water partition coefficient (Wildman–Crippen LogP) is 0.892. The second-order valence-electron chi connectivity index (χ2n) is 5.08. The second-order valence-corrected chi connectivity index (χ2v) is 5.08. The van der Waals surface area contributed by atoms with Gasteiger partial charge in [0.15, 0.2) is 0 Å². The van der Waals surface area contributed by atoms with Crippen LogP contribution in [-0.2, 0) is 16.0 Å². The van der Waals surface area contributed by atoms with Crippen molar-refractivity contribution in [3.05, 3.63) is 17.0 Å². The van der Waals surface area contributed by atoms with Crippen molar-refractivity contribution >= 4 is 11.9 Å². The lowest BCUT2D eigenvalue weighted by Crippen LogP contribution is -2.30. The van der Waals surface area contributed by atoms with Crippen molar-refractivity contribution in [2.45, 2.75) is 33.1 Å². The summed E-state index contributed by atoms with van der Waals surface area (Å²) in [4.78, 5) is 24.5. The number of carboxylic acids is 1. The van der Waals surface area contributed by atoms with Gasteiger partial charge in [0.2, 0.25) is 5.91 Å². The van der Waals surface area contributed by atoms with E-state index in [1.165, 1.54) is 0 Å². The molecule has 0 radical (unpaired) electrons. The van der Waals surface area contributed by atoms with E-state index < -0.39 is 11.9 Å². The lowest BCUT2D eigenvalue weighted by molar-refractivity contribution is -0.141. The minimum Gasteiger partial charge on any atom is -0.481 e. The molecule has 1 aromatic heterocycles. The molecule has 0 bridgehead atoms. The Hall–Kier alpha value is -1.85. The summed E-state index contributed by atoms with van der Waals surface area (Å²) in [7, 11) is 0. The van der Waals surface area contributed by atoms with E-state index in [1.54, 1.807) is 4.90 Å². The molecule has 0 aromatic carbocycles. The lowest BCUT2D eigenvalue weighted by atomic mass is 10.1. The normalized spacial score (nSPS) is 18.8. The summed E-state index contributed by atoms with van der Waals surface area (Å²) in [6, 6.07) is 0. The first-order valence-corrected chi connectivity index (χ1v) is 6.50. The van der Waals surface area contributed by atoms with Crippen LogP contribution < -0.4 is 0 Å². The minimum atomic E-state index is -0.808. The first-order chi connectivity index (χ1) is 8.99. The van der Waals surface area contributed by atoms with E-state index in [1.807, 2.05) is 13.8 Å². The third-order valence-electron chi connectivity index (χ3n) is 3.76. The number of aromatic nitrogens is 2. The van der Waals surface area contributed by atoms with E-state index in [-0.39, 0.29) is 5.91 Å². The third kappa shape index (κ3) is 2.94. The molecule has 0 aliphatic carbocycles. The van der Waals surface area contributed by atoms with E-state index in [2.05, 4.69) is 10.2 Å². The van der Waals surface area contributed by atoms with Gasteiger partial charge in [-0.3, -0.25) is 14.7 Å². The molecule has 1 fully saturated rings. The Morgan fingerprint density at radius 2 is 2.21 bits per heavy atom. The second kappa shape index (κ2) is 5.42. The molecule has 2 heterocycles. The van der Waals surface area contributed by atoms with Crippen LogP contribution in [0.25, 0.3) is 0 Å². The number of aliphatic carboxylic acids is 1. The van der Waals surface area contributed by atoms with Gasteiger partial charge in [0, 0.05) is 25.2 Å². The highest BCUT2D eigenvalue weighted by Crippen LogP contribution is 2.18. The van der Waals surface area contributed by atoms with Crippen LogP contribution in [0.2, 0.25) is 0 Å². The Morgan fingerprint density at radius 3 is 2.74 bits per heavy atom. The molecule has 0 spiro atoms. The molecule has 2 N–H and O–H groups in total. The molecule has 1 saturated heterocycles. The SMILES string of the molecule is Cc1n[nH]c(C)c1CCC(=O)N1CC[C@H](C(=O)O)C1. The molecule has 0 unspecified atom stereocenters. The molecule has 2 rings (SSSR count). The van der Waals surface area contributed by atoms with Crippen LogP contribution in [0.3, 0.4) is 0 Å². The lowest BCUT2D eigenvalue weighted by Gasteiger charge is -2.15. The molecular formula is C13H19N3O3. The van der Waals surface area contributed by atoms with Gasteiger partial charge in [-0.25, -0.2) is 0 Å². The van der Waals surface area contributed by atoms with Gasteiger partial charge in [0.05, 0.1) is 11.6 Å². The molecule has 1 aromatic rings. The number of rotatable bonds is 4. The maximum absolute atomic E-state index is 12.0. The van der Waals surface area contributed by atoms with Gasteiger partial charge < -0.3 is 10.0 Å². The van der Waals surface area contributed by atoms with Gasteiger partial charge in [-0.2, -0.15) is 5.10 Å². The summed E-state index contributed by atoms with van der Waals surface area (Å²) < 4.78 is 0. The number of aromatic amines is 1. The average Bonchev–Trinajstić information content (AvgIpc) is 2.95. The van der Waals surface area contributed by atoms with Gasteiger partial charge >= 0.3 is 5.97 Å². The number of nitrogens with one attached hydrogen (secondary N) is 1. The molecule has 104 valence electrons. The molecule has 1 atom stereocenters. The van der Waals surface area contributed by atoms with E-state index in [4.69, 9.17) is 5.11 Å². The smallest absolute Gasteiger partial charge is 0.308 e. The number of aryl methyl sites for hydroxylation is 2. The summed E-state index contributed by atoms with van der Waals surface area (Å²) >= 11 is 0. The number of carbonyl (C=O) groups excluding carboxylic acids is 1. The quantitative estimate of drug-likeness (QED) is 0.846. The molecule has 19 heavy (non-hydrogen) atoms. The zero-order chi connectivity index (χ0) is 14.0. The average molecular weight is 265 g/mol. The van der Waals surface area contributed by atoms with Crippen molar-refractivity contribution in [3.63, 3.8) is 0 Å². The zero-order valence-corrected chi connectivity index (χ0v) is 11.3. The summed E-state index contributed by atoms with van der Waals surface area (Å²) in [5, 5.41) is 15.9. The van der Waals surface area contributed by atoms with E-state index >= 15 is 0 Å². The minimum absolute atomic E-state index is 0.0313. The Morgan fingerprint density at radius 1 is 1.47 bits per heavy atom. The number of carbonyl (C=O) groups is 2. The number of H-pyrrole nitrogens is 1. The molecule has 1 aliphatic heterocycles. The molecule has 1 aliphatic rings. The van der Waals surface area contributed by atoms with Crippen LogP contribution in [0.1, 0.15) is 29.8 Å². The van der Waals surface area contributed by atoms with Crippen LogP contribution in [0, 0.1) is 19.8 Å². The van der Waals surface area contributed by atoms with Gasteiger partial charge in [0.25, 0.3) is 0 Å². The summed E-state index contributed by atoms with van der Waals surface area (Å²) in [6.07, 6.45) is 1.62. The summed E-state index contributed by atoms with van der Waals surface area (Å²) in [5.41, 5.74) is 3.01. The Balaban J connectivity index is 1.87. The number of nitrogens with zero attached hydrogens (tertiary/aromatic N) is 2. The molecule has 6 heteroatoms. The number of likely N-dealkylation sites (tertiary alicyclic amines) is 1. The summed E-state index contributed by atoms with van der Waals surface area (Å²) in [6.45, 7) is 4.76. The first kappa shape index (κ1) is 13.6. The van der Waals surface area contributed by atoms with Gasteiger partial charge in [-0.15, -0.1) is 0 Å². The molecular weight excluding hydrogens is 246 g/mol. The summed E-state index contributed by atoms with van der Waals surface area (Å²) in [5.74, 6) is -1.18. The van der Waals surface area contributed by atoms with Crippen molar-refractivity contribution in [2.75, 3.05) is 13.1 Å². The zero-order valence-electron chi connectivity index (χ0n) is 11.3. The predicted molar refractivity (Wildman–Crippen MR) is 68.7 cm³/mol. The number of hydrogen-bond acceptors (Lipinski definition) is 3. The maximum Gasteiger partial charge on any atom is 0.308 e. The van der Waals surface area contributed by atoms with Gasteiger partial charge in [-0.05, 0) is 32.3 Å². The fourth-order valence-corrected chi connectivity index (χ4v) is 2.52. The van der Waals surface area contributed by atoms with E-state index in [0.717, 1.165) is 17.0 Å². The van der Waals surface area contributed by atoms with Crippen LogP contribution in [0.5, 0.6) is 0 Å². The highest BCUT2D eigenvalue weighted by molar-refractivity contribution is 5.79. The highest BCUT2D eigenvalue weighted by atomic mass is 16.4. The number of carboxylic acid groups (broad SMARTS) is 1. The topological polar surface area (TPSA) is 86.3 Å². The maximum atomic E-state index is 12.0. The van der Waals surface area contributed by atoms with Crippen LogP contribution >= 0.6 is 0 Å². The fourth-order valence-electron chi connectivity index (χ4n) is 2.52. The Bertz CT molecular complexity index is 476. The number of amides is 1. The van der Waals surface area contributed by atoms with Gasteiger partial charge in [-0.1, -0.05) is 0 Å². The van der Waals surface area contributed by atoms with Crippen molar-refractivity contribution < 1.29 is 14.7 Å². The fraction of sp³-hybridized carbons (Fsp3) is 0.615.